The summed E-state index contributed by atoms with van der Waals surface area (Å²) in [4.78, 5) is 22.2. The maximum absolute atomic E-state index is 12.7. The Labute approximate surface area is 254 Å². The number of likely N-dealkylation sites (N-methyl/N-ethyl adjacent to an activating group) is 1. The fourth-order valence-electron chi connectivity index (χ4n) is 5.40. The summed E-state index contributed by atoms with van der Waals surface area (Å²) in [6.07, 6.45) is 7.99. The van der Waals surface area contributed by atoms with E-state index >= 15 is 0 Å². The Bertz CT molecular complexity index is 1680. The quantitative estimate of drug-likeness (QED) is 0.143. The van der Waals surface area contributed by atoms with Gasteiger partial charge in [0.25, 0.3) is 5.91 Å². The van der Waals surface area contributed by atoms with Gasteiger partial charge in [-0.05, 0) is 66.7 Å². The number of para-hydroxylation sites is 1. The number of anilines is 2. The SMILES string of the molecule is CN1CCN(c2ccc(/C=C/c3nn(COCC[Si](C)(C)C)c4cc(C=C5C(=O)Nc6ccccc65)ccc34)cn2)CC1. The van der Waals surface area contributed by atoms with Crippen LogP contribution in [0.1, 0.15) is 22.4 Å². The van der Waals surface area contributed by atoms with Crippen LogP contribution in [0.15, 0.2) is 60.8 Å². The van der Waals surface area contributed by atoms with E-state index in [9.17, 15) is 4.79 Å². The second-order valence-electron chi connectivity index (χ2n) is 12.6. The molecule has 0 aliphatic carbocycles. The first-order valence-electron chi connectivity index (χ1n) is 15.0. The van der Waals surface area contributed by atoms with Gasteiger partial charge in [0.2, 0.25) is 0 Å². The minimum atomic E-state index is -1.20. The Kier molecular flexibility index (Phi) is 8.29. The molecule has 1 amide bonds. The predicted octanol–water partition coefficient (Wildman–Crippen LogP) is 6.16. The van der Waals surface area contributed by atoms with E-state index < -0.39 is 8.07 Å². The van der Waals surface area contributed by atoms with Crippen LogP contribution in [0, 0.1) is 0 Å². The van der Waals surface area contributed by atoms with Crippen LogP contribution in [-0.2, 0) is 16.3 Å². The second kappa shape index (κ2) is 12.3. The van der Waals surface area contributed by atoms with Gasteiger partial charge in [-0.1, -0.05) is 50.0 Å². The number of hydrogen-bond donors (Lipinski definition) is 1. The van der Waals surface area contributed by atoms with Crippen molar-refractivity contribution in [3.8, 4) is 0 Å². The molecular formula is C34H40N6O2Si. The number of pyridine rings is 1. The number of piperazine rings is 1. The zero-order valence-corrected chi connectivity index (χ0v) is 26.5. The van der Waals surface area contributed by atoms with Crippen LogP contribution in [0.3, 0.4) is 0 Å². The largest absolute Gasteiger partial charge is 0.360 e. The van der Waals surface area contributed by atoms with Gasteiger partial charge in [0, 0.05) is 69.3 Å². The normalized spacial score (nSPS) is 16.9. The van der Waals surface area contributed by atoms with Crippen LogP contribution in [0.5, 0.6) is 0 Å². The molecule has 2 aromatic heterocycles. The van der Waals surface area contributed by atoms with Crippen molar-refractivity contribution in [3.63, 3.8) is 0 Å². The molecule has 9 heteroatoms. The Morgan fingerprint density at radius 3 is 2.53 bits per heavy atom. The van der Waals surface area contributed by atoms with Gasteiger partial charge in [-0.2, -0.15) is 5.10 Å². The van der Waals surface area contributed by atoms with Crippen molar-refractivity contribution in [2.45, 2.75) is 32.4 Å². The zero-order chi connectivity index (χ0) is 30.0. The monoisotopic (exact) mass is 592 g/mol. The molecule has 1 fully saturated rings. The number of rotatable bonds is 9. The van der Waals surface area contributed by atoms with Crippen LogP contribution >= 0.6 is 0 Å². The number of ether oxygens (including phenoxy) is 1. The molecule has 2 aromatic carbocycles. The first-order valence-corrected chi connectivity index (χ1v) is 18.7. The molecule has 0 spiro atoms. The summed E-state index contributed by atoms with van der Waals surface area (Å²) in [7, 11) is 0.961. The lowest BCUT2D eigenvalue weighted by Gasteiger charge is -2.33. The molecule has 222 valence electrons. The van der Waals surface area contributed by atoms with Crippen molar-refractivity contribution >= 4 is 60.2 Å². The number of benzene rings is 2. The highest BCUT2D eigenvalue weighted by Gasteiger charge is 2.23. The summed E-state index contributed by atoms with van der Waals surface area (Å²) < 4.78 is 8.04. The molecule has 2 aliphatic heterocycles. The van der Waals surface area contributed by atoms with Gasteiger partial charge in [-0.25, -0.2) is 9.67 Å². The van der Waals surface area contributed by atoms with Crippen LogP contribution in [-0.4, -0.2) is 73.5 Å². The first kappa shape index (κ1) is 29.0. The number of carbonyl (C=O) groups excluding carboxylic acids is 1. The van der Waals surface area contributed by atoms with E-state index in [1.54, 1.807) is 0 Å². The lowest BCUT2D eigenvalue weighted by Crippen LogP contribution is -2.44. The fraction of sp³-hybridized carbons (Fsp3) is 0.324. The van der Waals surface area contributed by atoms with Crippen LogP contribution < -0.4 is 10.2 Å². The van der Waals surface area contributed by atoms with Gasteiger partial charge in [-0.3, -0.25) is 4.79 Å². The van der Waals surface area contributed by atoms with Crippen molar-refractivity contribution in [2.75, 3.05) is 50.1 Å². The van der Waals surface area contributed by atoms with E-state index in [-0.39, 0.29) is 5.91 Å². The van der Waals surface area contributed by atoms with E-state index in [2.05, 4.69) is 72.1 Å². The van der Waals surface area contributed by atoms with Gasteiger partial charge in [0.1, 0.15) is 12.5 Å². The molecular weight excluding hydrogens is 553 g/mol. The van der Waals surface area contributed by atoms with Crippen molar-refractivity contribution in [3.05, 3.63) is 83.2 Å². The molecule has 0 saturated carbocycles. The van der Waals surface area contributed by atoms with Crippen LogP contribution in [0.2, 0.25) is 25.7 Å². The summed E-state index contributed by atoms with van der Waals surface area (Å²) in [6, 6.07) is 19.3. The Morgan fingerprint density at radius 2 is 1.77 bits per heavy atom. The molecule has 4 heterocycles. The van der Waals surface area contributed by atoms with Crippen LogP contribution in [0.25, 0.3) is 34.7 Å². The molecule has 0 radical (unpaired) electrons. The summed E-state index contributed by atoms with van der Waals surface area (Å²) >= 11 is 0. The highest BCUT2D eigenvalue weighted by atomic mass is 28.3. The molecule has 0 bridgehead atoms. The van der Waals surface area contributed by atoms with E-state index in [1.807, 2.05) is 53.4 Å². The highest BCUT2D eigenvalue weighted by Crippen LogP contribution is 2.33. The molecule has 0 atom stereocenters. The first-order chi connectivity index (χ1) is 20.7. The van der Waals surface area contributed by atoms with E-state index in [1.165, 1.54) is 0 Å². The Hall–Kier alpha value is -4.05. The maximum Gasteiger partial charge on any atom is 0.256 e. The van der Waals surface area contributed by atoms with Crippen molar-refractivity contribution < 1.29 is 9.53 Å². The second-order valence-corrected chi connectivity index (χ2v) is 18.3. The number of nitrogens with one attached hydrogen (secondary N) is 1. The smallest absolute Gasteiger partial charge is 0.256 e. The average Bonchev–Trinajstić information content (AvgIpc) is 3.50. The zero-order valence-electron chi connectivity index (χ0n) is 25.5. The molecule has 6 rings (SSSR count). The summed E-state index contributed by atoms with van der Waals surface area (Å²) in [5.74, 6) is 0.941. The third-order valence-corrected chi connectivity index (χ3v) is 9.77. The third kappa shape index (κ3) is 6.80. The number of fused-ring (bicyclic) bond motifs is 2. The number of hydrogen-bond acceptors (Lipinski definition) is 6. The van der Waals surface area contributed by atoms with Crippen molar-refractivity contribution in [1.29, 1.82) is 0 Å². The van der Waals surface area contributed by atoms with E-state index in [0.717, 1.165) is 77.0 Å². The standard InChI is InChI=1S/C34H40N6O2Si/c1-38-15-17-39(18-16-38)33-14-11-25(23-35-33)10-13-31-28-12-9-26(21-29-27-7-5-6-8-30(27)36-34(29)41)22-32(28)40(37-31)24-42-19-20-43(2,3)4/h5-14,21-23H,15-20,24H2,1-4H3,(H,36,41)/b13-10+,29-21?. The third-order valence-electron chi connectivity index (χ3n) is 8.07. The molecule has 4 aromatic rings. The van der Waals surface area contributed by atoms with Gasteiger partial charge < -0.3 is 19.9 Å². The minimum absolute atomic E-state index is 0.0830. The molecule has 1 saturated heterocycles. The van der Waals surface area contributed by atoms with Gasteiger partial charge in [0.05, 0.1) is 11.2 Å². The lowest BCUT2D eigenvalue weighted by atomic mass is 10.0. The molecule has 8 nitrogen and oxygen atoms in total. The molecule has 2 aliphatic rings. The van der Waals surface area contributed by atoms with Gasteiger partial charge in [-0.15, -0.1) is 0 Å². The van der Waals surface area contributed by atoms with Gasteiger partial charge >= 0.3 is 0 Å². The summed E-state index contributed by atoms with van der Waals surface area (Å²) in [5, 5.41) is 8.94. The van der Waals surface area contributed by atoms with E-state index in [4.69, 9.17) is 14.8 Å². The highest BCUT2D eigenvalue weighted by molar-refractivity contribution is 6.76. The number of aromatic nitrogens is 3. The van der Waals surface area contributed by atoms with Crippen molar-refractivity contribution in [1.82, 2.24) is 19.7 Å². The maximum atomic E-state index is 12.7. The molecule has 43 heavy (non-hydrogen) atoms. The number of nitrogens with zero attached hydrogens (tertiary/aromatic N) is 5. The Balaban J connectivity index is 1.27. The summed E-state index contributed by atoms with van der Waals surface area (Å²) in [6.45, 7) is 12.3. The number of carbonyl (C=O) groups is 1. The summed E-state index contributed by atoms with van der Waals surface area (Å²) in [5.41, 5.74) is 6.24. The minimum Gasteiger partial charge on any atom is -0.360 e. The van der Waals surface area contributed by atoms with Gasteiger partial charge in [0.15, 0.2) is 0 Å². The van der Waals surface area contributed by atoms with Crippen LogP contribution in [0.4, 0.5) is 11.5 Å². The Morgan fingerprint density at radius 1 is 0.977 bits per heavy atom. The topological polar surface area (TPSA) is 75.5 Å². The fourth-order valence-corrected chi connectivity index (χ4v) is 6.16. The van der Waals surface area contributed by atoms with Crippen molar-refractivity contribution in [2.24, 2.45) is 0 Å². The average molecular weight is 593 g/mol. The van der Waals surface area contributed by atoms with E-state index in [0.29, 0.717) is 18.9 Å². The number of amides is 1. The predicted molar refractivity (Wildman–Crippen MR) is 180 cm³/mol. The molecule has 0 unspecified atom stereocenters. The molecule has 1 N–H and O–H groups in total. The lowest BCUT2D eigenvalue weighted by molar-refractivity contribution is -0.110.